The Morgan fingerprint density at radius 3 is 2.83 bits per heavy atom. The lowest BCUT2D eigenvalue weighted by molar-refractivity contribution is -0.136. The Morgan fingerprint density at radius 2 is 2.10 bits per heavy atom. The smallest absolute Gasteiger partial charge is 0.248 e. The molecule has 0 bridgehead atoms. The Hall–Kier alpha value is -3.16. The molecule has 3 heterocycles. The maximum atomic E-state index is 12.7. The van der Waals surface area contributed by atoms with Gasteiger partial charge in [-0.2, -0.15) is 16.6 Å². The van der Waals surface area contributed by atoms with Crippen LogP contribution in [0.3, 0.4) is 0 Å². The number of aryl methyl sites for hydroxylation is 1. The molecule has 1 atom stereocenters. The van der Waals surface area contributed by atoms with E-state index < -0.39 is 6.04 Å². The van der Waals surface area contributed by atoms with Gasteiger partial charge in [-0.25, -0.2) is 0 Å². The molecule has 0 saturated carbocycles. The number of thiophene rings is 1. The average Bonchev–Trinajstić information content (AvgIpc) is 3.53. The van der Waals surface area contributed by atoms with Crippen molar-refractivity contribution in [2.75, 3.05) is 16.9 Å². The largest absolute Gasteiger partial charge is 0.421 e. The molecule has 0 radical (unpaired) electrons. The second-order valence-corrected chi connectivity index (χ2v) is 8.35. The standard InChI is InChI=1S/C20H17N5O3S2/c21-9-13-1-3-15(4-2-13)22-19(27)16-11-30-12-25(16)18(26)6-5-17-23-24-20(28-17)14-7-8-29-10-14/h1-4,7-8,10,16H,5-6,11-12H2,(H,22,27). The van der Waals surface area contributed by atoms with Crippen molar-refractivity contribution in [1.29, 1.82) is 5.26 Å². The minimum atomic E-state index is -0.540. The summed E-state index contributed by atoms with van der Waals surface area (Å²) in [5.74, 6) is 1.47. The Kier molecular flexibility index (Phi) is 6.11. The number of nitrogens with zero attached hydrogens (tertiary/aromatic N) is 4. The van der Waals surface area contributed by atoms with Crippen molar-refractivity contribution in [2.24, 2.45) is 0 Å². The first-order valence-corrected chi connectivity index (χ1v) is 11.3. The molecule has 1 saturated heterocycles. The van der Waals surface area contributed by atoms with Crippen molar-refractivity contribution in [3.05, 3.63) is 52.5 Å². The molecule has 2 aromatic heterocycles. The average molecular weight is 440 g/mol. The van der Waals surface area contributed by atoms with Crippen molar-refractivity contribution in [3.63, 3.8) is 0 Å². The summed E-state index contributed by atoms with van der Waals surface area (Å²) in [7, 11) is 0. The van der Waals surface area contributed by atoms with E-state index in [4.69, 9.17) is 9.68 Å². The van der Waals surface area contributed by atoms with Gasteiger partial charge in [0.05, 0.1) is 17.5 Å². The predicted molar refractivity (Wildman–Crippen MR) is 114 cm³/mol. The number of aromatic nitrogens is 2. The summed E-state index contributed by atoms with van der Waals surface area (Å²) >= 11 is 3.08. The topological polar surface area (TPSA) is 112 Å². The highest BCUT2D eigenvalue weighted by Crippen LogP contribution is 2.24. The number of amides is 2. The van der Waals surface area contributed by atoms with Gasteiger partial charge in [-0.05, 0) is 35.7 Å². The first-order valence-electron chi connectivity index (χ1n) is 9.17. The Balaban J connectivity index is 1.33. The molecule has 1 aliphatic heterocycles. The van der Waals surface area contributed by atoms with Crippen LogP contribution in [0.5, 0.6) is 0 Å². The number of hydrogen-bond acceptors (Lipinski definition) is 8. The highest BCUT2D eigenvalue weighted by atomic mass is 32.2. The molecule has 0 spiro atoms. The summed E-state index contributed by atoms with van der Waals surface area (Å²) < 4.78 is 5.62. The van der Waals surface area contributed by atoms with Crippen molar-refractivity contribution in [2.45, 2.75) is 18.9 Å². The Labute approximate surface area is 180 Å². The second-order valence-electron chi connectivity index (χ2n) is 6.57. The van der Waals surface area contributed by atoms with E-state index in [1.54, 1.807) is 40.5 Å². The monoisotopic (exact) mass is 439 g/mol. The number of nitrogens with one attached hydrogen (secondary N) is 1. The lowest BCUT2D eigenvalue weighted by Gasteiger charge is -2.23. The van der Waals surface area contributed by atoms with Gasteiger partial charge in [-0.3, -0.25) is 9.59 Å². The molecule has 0 aliphatic carbocycles. The molecule has 4 rings (SSSR count). The first-order chi connectivity index (χ1) is 14.6. The normalized spacial score (nSPS) is 15.7. The molecule has 10 heteroatoms. The fraction of sp³-hybridized carbons (Fsp3) is 0.250. The summed E-state index contributed by atoms with van der Waals surface area (Å²) in [6.45, 7) is 0. The zero-order chi connectivity index (χ0) is 20.9. The Morgan fingerprint density at radius 1 is 1.27 bits per heavy atom. The van der Waals surface area contributed by atoms with Gasteiger partial charge in [0, 0.05) is 35.2 Å². The van der Waals surface area contributed by atoms with Crippen molar-refractivity contribution >= 4 is 40.6 Å². The molecular weight excluding hydrogens is 422 g/mol. The fourth-order valence-corrected chi connectivity index (χ4v) is 4.78. The van der Waals surface area contributed by atoms with E-state index >= 15 is 0 Å². The highest BCUT2D eigenvalue weighted by Gasteiger charge is 2.34. The van der Waals surface area contributed by atoms with Crippen molar-refractivity contribution in [1.82, 2.24) is 15.1 Å². The van der Waals surface area contributed by atoms with Gasteiger partial charge in [0.2, 0.25) is 23.6 Å². The minimum absolute atomic E-state index is 0.129. The summed E-state index contributed by atoms with van der Waals surface area (Å²) in [5, 5.41) is 23.5. The number of nitriles is 1. The molecule has 1 fully saturated rings. The number of rotatable bonds is 6. The maximum Gasteiger partial charge on any atom is 0.248 e. The third-order valence-corrected chi connectivity index (χ3v) is 6.27. The summed E-state index contributed by atoms with van der Waals surface area (Å²) in [5.41, 5.74) is 1.97. The molecule has 8 nitrogen and oxygen atoms in total. The first kappa shape index (κ1) is 20.1. The molecule has 2 amide bonds. The van der Waals surface area contributed by atoms with Gasteiger partial charge in [-0.1, -0.05) is 0 Å². The van der Waals surface area contributed by atoms with Crippen LogP contribution in [-0.4, -0.2) is 44.6 Å². The molecule has 30 heavy (non-hydrogen) atoms. The van der Waals surface area contributed by atoms with Crippen LogP contribution in [0.2, 0.25) is 0 Å². The van der Waals surface area contributed by atoms with Gasteiger partial charge >= 0.3 is 0 Å². The molecule has 1 aromatic carbocycles. The van der Waals surface area contributed by atoms with Crippen LogP contribution >= 0.6 is 23.1 Å². The van der Waals surface area contributed by atoms with Crippen LogP contribution in [0.1, 0.15) is 17.9 Å². The van der Waals surface area contributed by atoms with Crippen molar-refractivity contribution in [3.8, 4) is 17.5 Å². The van der Waals surface area contributed by atoms with Crippen LogP contribution in [0.4, 0.5) is 5.69 Å². The van der Waals surface area contributed by atoms with E-state index in [0.717, 1.165) is 5.56 Å². The molecule has 152 valence electrons. The molecule has 3 aromatic rings. The van der Waals surface area contributed by atoms with E-state index in [0.29, 0.717) is 41.1 Å². The van der Waals surface area contributed by atoms with Gasteiger partial charge in [0.1, 0.15) is 6.04 Å². The third-order valence-electron chi connectivity index (χ3n) is 4.57. The molecule has 1 unspecified atom stereocenters. The van der Waals surface area contributed by atoms with Crippen LogP contribution in [0.25, 0.3) is 11.5 Å². The number of carbonyl (C=O) groups is 2. The number of benzene rings is 1. The fourth-order valence-electron chi connectivity index (χ4n) is 2.97. The molecule has 1 aliphatic rings. The number of anilines is 1. The minimum Gasteiger partial charge on any atom is -0.421 e. The Bertz CT molecular complexity index is 1070. The van der Waals surface area contributed by atoms with Gasteiger partial charge in [0.25, 0.3) is 0 Å². The van der Waals surface area contributed by atoms with E-state index in [1.165, 1.54) is 11.8 Å². The van der Waals surface area contributed by atoms with Gasteiger partial charge in [-0.15, -0.1) is 22.0 Å². The second kappa shape index (κ2) is 9.11. The highest BCUT2D eigenvalue weighted by molar-refractivity contribution is 7.99. The van der Waals surface area contributed by atoms with Crippen LogP contribution in [-0.2, 0) is 16.0 Å². The zero-order valence-corrected chi connectivity index (χ0v) is 17.4. The van der Waals surface area contributed by atoms with Crippen molar-refractivity contribution < 1.29 is 14.0 Å². The number of hydrogen-bond donors (Lipinski definition) is 1. The van der Waals surface area contributed by atoms with Crippen LogP contribution in [0.15, 0.2) is 45.5 Å². The number of carbonyl (C=O) groups excluding carboxylic acids is 2. The number of thioether (sulfide) groups is 1. The zero-order valence-electron chi connectivity index (χ0n) is 15.8. The van der Waals surface area contributed by atoms with Crippen LogP contribution in [0, 0.1) is 11.3 Å². The summed E-state index contributed by atoms with van der Waals surface area (Å²) in [6.07, 6.45) is 0.508. The molecule has 1 N–H and O–H groups in total. The maximum absolute atomic E-state index is 12.7. The van der Waals surface area contributed by atoms with E-state index in [1.807, 2.05) is 22.9 Å². The predicted octanol–water partition coefficient (Wildman–Crippen LogP) is 3.14. The third kappa shape index (κ3) is 4.53. The van der Waals surface area contributed by atoms with Crippen LogP contribution < -0.4 is 5.32 Å². The van der Waals surface area contributed by atoms with Gasteiger partial charge in [0.15, 0.2) is 0 Å². The summed E-state index contributed by atoms with van der Waals surface area (Å²) in [6, 6.07) is 10.0. The quantitative estimate of drug-likeness (QED) is 0.628. The lowest BCUT2D eigenvalue weighted by Crippen LogP contribution is -2.44. The lowest BCUT2D eigenvalue weighted by atomic mass is 10.2. The SMILES string of the molecule is N#Cc1ccc(NC(=O)C2CSCN2C(=O)CCc2nnc(-c3ccsc3)o2)cc1. The van der Waals surface area contributed by atoms with E-state index in [-0.39, 0.29) is 18.2 Å². The van der Waals surface area contributed by atoms with Gasteiger partial charge < -0.3 is 14.6 Å². The molecular formula is C20H17N5O3S2. The van der Waals surface area contributed by atoms with E-state index in [2.05, 4.69) is 15.5 Å². The van der Waals surface area contributed by atoms with E-state index in [9.17, 15) is 9.59 Å². The summed E-state index contributed by atoms with van der Waals surface area (Å²) in [4.78, 5) is 27.0.